The minimum Gasteiger partial charge on any atom is -0.455 e. The molecule has 0 saturated heterocycles. The predicted molar refractivity (Wildman–Crippen MR) is 85.7 cm³/mol. The third-order valence-corrected chi connectivity index (χ3v) is 3.58. The van der Waals surface area contributed by atoms with E-state index in [2.05, 4.69) is 15.9 Å². The molecule has 0 unspecified atom stereocenters. The van der Waals surface area contributed by atoms with Gasteiger partial charge in [0.15, 0.2) is 5.43 Å². The smallest absolute Gasteiger partial charge is 0.193 e. The van der Waals surface area contributed by atoms with Gasteiger partial charge >= 0.3 is 0 Å². The monoisotopic (exact) mass is 326 g/mol. The molecule has 0 bridgehead atoms. The van der Waals surface area contributed by atoms with Crippen molar-refractivity contribution in [2.75, 3.05) is 0 Å². The van der Waals surface area contributed by atoms with Gasteiger partial charge in [0, 0.05) is 6.07 Å². The molecule has 1 heterocycles. The fraction of sp³-hybridized carbons (Fsp3) is 0. The molecule has 0 atom stereocenters. The van der Waals surface area contributed by atoms with Crippen molar-refractivity contribution < 1.29 is 4.42 Å². The maximum absolute atomic E-state index is 12.0. The van der Waals surface area contributed by atoms with Crippen molar-refractivity contribution in [2.45, 2.75) is 0 Å². The van der Waals surface area contributed by atoms with Crippen LogP contribution in [0.15, 0.2) is 69.9 Å². The number of hydrogen-bond donors (Lipinski definition) is 0. The van der Waals surface area contributed by atoms with Crippen LogP contribution >= 0.6 is 15.9 Å². The van der Waals surface area contributed by atoms with Crippen LogP contribution in [0.25, 0.3) is 21.5 Å². The van der Waals surface area contributed by atoms with Crippen LogP contribution in [0, 0.1) is 0 Å². The summed E-state index contributed by atoms with van der Waals surface area (Å²) in [6.45, 7) is 0. The minimum absolute atomic E-state index is 0.0414. The molecule has 3 aromatic rings. The minimum atomic E-state index is -0.0414. The van der Waals surface area contributed by atoms with Crippen LogP contribution in [0.3, 0.4) is 0 Å². The van der Waals surface area contributed by atoms with Crippen LogP contribution in [0.5, 0.6) is 0 Å². The van der Waals surface area contributed by atoms with Gasteiger partial charge in [-0.3, -0.25) is 4.79 Å². The van der Waals surface area contributed by atoms with Crippen molar-refractivity contribution in [1.82, 2.24) is 0 Å². The molecule has 0 fully saturated rings. The molecule has 0 aliphatic rings. The van der Waals surface area contributed by atoms with E-state index < -0.39 is 0 Å². The summed E-state index contributed by atoms with van der Waals surface area (Å²) in [5.74, 6) is 0.526. The molecule has 3 heteroatoms. The second-order valence-electron chi connectivity index (χ2n) is 4.37. The van der Waals surface area contributed by atoms with E-state index in [0.29, 0.717) is 16.7 Å². The van der Waals surface area contributed by atoms with E-state index in [4.69, 9.17) is 4.42 Å². The maximum Gasteiger partial charge on any atom is 0.193 e. The first kappa shape index (κ1) is 12.9. The highest BCUT2D eigenvalue weighted by molar-refractivity contribution is 9.15. The van der Waals surface area contributed by atoms with Crippen LogP contribution < -0.4 is 5.43 Å². The van der Waals surface area contributed by atoms with Crippen LogP contribution in [0.2, 0.25) is 0 Å². The number of hydrogen-bond acceptors (Lipinski definition) is 2. The lowest BCUT2D eigenvalue weighted by Gasteiger charge is -2.02. The second-order valence-corrected chi connectivity index (χ2v) is 5.23. The van der Waals surface area contributed by atoms with Crippen molar-refractivity contribution in [3.8, 4) is 0 Å². The Bertz CT molecular complexity index is 832. The second kappa shape index (κ2) is 5.47. The fourth-order valence-corrected chi connectivity index (χ4v) is 2.45. The Balaban J connectivity index is 2.11. The van der Waals surface area contributed by atoms with Crippen molar-refractivity contribution in [2.24, 2.45) is 0 Å². The van der Waals surface area contributed by atoms with Gasteiger partial charge in [-0.25, -0.2) is 0 Å². The zero-order chi connectivity index (χ0) is 13.9. The van der Waals surface area contributed by atoms with Crippen LogP contribution in [0.1, 0.15) is 11.3 Å². The van der Waals surface area contributed by atoms with E-state index >= 15 is 0 Å². The highest BCUT2D eigenvalue weighted by Gasteiger charge is 2.06. The van der Waals surface area contributed by atoms with Crippen molar-refractivity contribution in [3.05, 3.63) is 82.2 Å². The third-order valence-electron chi connectivity index (χ3n) is 2.96. The van der Waals surface area contributed by atoms with Crippen molar-refractivity contribution >= 4 is 37.5 Å². The van der Waals surface area contributed by atoms with E-state index in [1.165, 1.54) is 6.07 Å². The largest absolute Gasteiger partial charge is 0.455 e. The van der Waals surface area contributed by atoms with Crippen LogP contribution in [-0.2, 0) is 0 Å². The van der Waals surface area contributed by atoms with E-state index in [1.807, 2.05) is 48.5 Å². The summed E-state index contributed by atoms with van der Waals surface area (Å²) in [4.78, 5) is 12.0. The van der Waals surface area contributed by atoms with Gasteiger partial charge < -0.3 is 4.42 Å². The Morgan fingerprint density at radius 2 is 1.70 bits per heavy atom. The Labute approximate surface area is 124 Å². The average molecular weight is 327 g/mol. The van der Waals surface area contributed by atoms with Gasteiger partial charge in [-0.15, -0.1) is 0 Å². The molecule has 0 spiro atoms. The molecule has 0 aliphatic carbocycles. The van der Waals surface area contributed by atoms with E-state index in [9.17, 15) is 4.79 Å². The number of para-hydroxylation sites is 1. The van der Waals surface area contributed by atoms with Gasteiger partial charge in [0.1, 0.15) is 11.3 Å². The van der Waals surface area contributed by atoms with E-state index in [0.717, 1.165) is 10.0 Å². The topological polar surface area (TPSA) is 30.2 Å². The van der Waals surface area contributed by atoms with Gasteiger partial charge in [0.25, 0.3) is 0 Å². The fourth-order valence-electron chi connectivity index (χ4n) is 1.99. The molecule has 0 radical (unpaired) electrons. The molecule has 2 aromatic carbocycles. The molecular weight excluding hydrogens is 316 g/mol. The lowest BCUT2D eigenvalue weighted by molar-refractivity contribution is 0.590. The standard InChI is InChI=1S/C17H11BrO2/c18-14(10-12-6-2-1-3-7-12)17-11-15(19)13-8-4-5-9-16(13)20-17/h1-11H/b14-10-. The molecule has 2 nitrogen and oxygen atoms in total. The first-order valence-electron chi connectivity index (χ1n) is 6.19. The summed E-state index contributed by atoms with van der Waals surface area (Å²) in [7, 11) is 0. The summed E-state index contributed by atoms with van der Waals surface area (Å²) in [6, 6.07) is 18.6. The van der Waals surface area contributed by atoms with Crippen LogP contribution in [0.4, 0.5) is 0 Å². The van der Waals surface area contributed by atoms with Gasteiger partial charge in [0.05, 0.1) is 9.87 Å². The summed E-state index contributed by atoms with van der Waals surface area (Å²) in [5, 5.41) is 0.594. The summed E-state index contributed by atoms with van der Waals surface area (Å²) >= 11 is 3.47. The lowest BCUT2D eigenvalue weighted by atomic mass is 10.2. The molecule has 0 amide bonds. The van der Waals surface area contributed by atoms with E-state index in [-0.39, 0.29) is 5.43 Å². The highest BCUT2D eigenvalue weighted by atomic mass is 79.9. The zero-order valence-electron chi connectivity index (χ0n) is 10.5. The number of rotatable bonds is 2. The summed E-state index contributed by atoms with van der Waals surface area (Å²) in [5.41, 5.74) is 1.59. The molecule has 98 valence electrons. The Morgan fingerprint density at radius 3 is 2.50 bits per heavy atom. The number of halogens is 1. The summed E-state index contributed by atoms with van der Waals surface area (Å²) < 4.78 is 6.50. The number of fused-ring (bicyclic) bond motifs is 1. The third kappa shape index (κ3) is 2.58. The quantitative estimate of drug-likeness (QED) is 0.684. The molecule has 0 aliphatic heterocycles. The van der Waals surface area contributed by atoms with Crippen LogP contribution in [-0.4, -0.2) is 0 Å². The SMILES string of the molecule is O=c1cc(/C(Br)=C/c2ccccc2)oc2ccccc12. The van der Waals surface area contributed by atoms with Gasteiger partial charge in [-0.2, -0.15) is 0 Å². The molecule has 20 heavy (non-hydrogen) atoms. The Hall–Kier alpha value is -2.13. The molecule has 1 aromatic heterocycles. The molecule has 0 N–H and O–H groups in total. The highest BCUT2D eigenvalue weighted by Crippen LogP contribution is 2.25. The van der Waals surface area contributed by atoms with Gasteiger partial charge in [0.2, 0.25) is 0 Å². The first-order valence-corrected chi connectivity index (χ1v) is 6.99. The predicted octanol–water partition coefficient (Wildman–Crippen LogP) is 4.69. The van der Waals surface area contributed by atoms with Gasteiger partial charge in [-0.1, -0.05) is 42.5 Å². The maximum atomic E-state index is 12.0. The molecule has 0 saturated carbocycles. The Morgan fingerprint density at radius 1 is 1.00 bits per heavy atom. The molecular formula is C17H11BrO2. The average Bonchev–Trinajstić information content (AvgIpc) is 2.48. The van der Waals surface area contributed by atoms with E-state index in [1.54, 1.807) is 12.1 Å². The zero-order valence-corrected chi connectivity index (χ0v) is 12.1. The van der Waals surface area contributed by atoms with Crippen molar-refractivity contribution in [3.63, 3.8) is 0 Å². The number of benzene rings is 2. The normalized spacial score (nSPS) is 11.8. The lowest BCUT2D eigenvalue weighted by Crippen LogP contribution is -2.00. The summed E-state index contributed by atoms with van der Waals surface area (Å²) in [6.07, 6.45) is 1.92. The first-order chi connectivity index (χ1) is 9.74. The van der Waals surface area contributed by atoms with Crippen molar-refractivity contribution in [1.29, 1.82) is 0 Å². The van der Waals surface area contributed by atoms with Gasteiger partial charge in [-0.05, 0) is 39.7 Å². The Kier molecular flexibility index (Phi) is 3.52. The molecule has 3 rings (SSSR count).